The van der Waals surface area contributed by atoms with Crippen LogP contribution >= 0.6 is 11.6 Å². The van der Waals surface area contributed by atoms with E-state index in [9.17, 15) is 4.79 Å². The Morgan fingerprint density at radius 1 is 1.16 bits per heavy atom. The molecule has 0 unspecified atom stereocenters. The quantitative estimate of drug-likeness (QED) is 0.719. The highest BCUT2D eigenvalue weighted by Crippen LogP contribution is 2.21. The van der Waals surface area contributed by atoms with Gasteiger partial charge < -0.3 is 10.1 Å². The summed E-state index contributed by atoms with van der Waals surface area (Å²) in [7, 11) is 1.62. The first-order valence-corrected chi connectivity index (χ1v) is 8.21. The van der Waals surface area contributed by atoms with Crippen LogP contribution in [-0.2, 0) is 0 Å². The zero-order valence-corrected chi connectivity index (χ0v) is 14.7. The van der Waals surface area contributed by atoms with Crippen molar-refractivity contribution < 1.29 is 9.53 Å². The van der Waals surface area contributed by atoms with Gasteiger partial charge >= 0.3 is 0 Å². The minimum Gasteiger partial charge on any atom is -0.497 e. The van der Waals surface area contributed by atoms with Crippen LogP contribution in [0.5, 0.6) is 5.75 Å². The average molecular weight is 356 g/mol. The fraction of sp³-hybridized carbons (Fsp3) is 0.158. The number of aromatic nitrogens is 2. The molecule has 0 aliphatic heterocycles. The maximum Gasteiger partial charge on any atom is 0.269 e. The van der Waals surface area contributed by atoms with Crippen molar-refractivity contribution in [2.45, 2.75) is 13.0 Å². The van der Waals surface area contributed by atoms with Crippen LogP contribution in [0, 0.1) is 0 Å². The highest BCUT2D eigenvalue weighted by Gasteiger charge is 2.14. The molecular weight excluding hydrogens is 338 g/mol. The maximum atomic E-state index is 12.4. The number of hydrogen-bond acceptors (Lipinski definition) is 3. The van der Waals surface area contributed by atoms with Crippen molar-refractivity contribution in [3.8, 4) is 17.0 Å². The van der Waals surface area contributed by atoms with Gasteiger partial charge in [-0.05, 0) is 42.8 Å². The molecule has 128 valence electrons. The van der Waals surface area contributed by atoms with Gasteiger partial charge in [0.05, 0.1) is 18.8 Å². The molecular formula is C19H18ClN3O2. The fourth-order valence-electron chi connectivity index (χ4n) is 2.46. The lowest BCUT2D eigenvalue weighted by Gasteiger charge is -2.14. The van der Waals surface area contributed by atoms with Gasteiger partial charge in [0.1, 0.15) is 11.4 Å². The maximum absolute atomic E-state index is 12.4. The van der Waals surface area contributed by atoms with Crippen molar-refractivity contribution in [3.63, 3.8) is 0 Å². The van der Waals surface area contributed by atoms with Crippen LogP contribution < -0.4 is 10.1 Å². The normalized spacial score (nSPS) is 11.8. The summed E-state index contributed by atoms with van der Waals surface area (Å²) >= 11 is 5.89. The number of nitrogens with one attached hydrogen (secondary N) is 2. The second-order valence-electron chi connectivity index (χ2n) is 5.64. The van der Waals surface area contributed by atoms with E-state index in [1.165, 1.54) is 0 Å². The SMILES string of the molecule is COc1ccc([C@H](C)NC(=O)c2cc(-c3ccc(Cl)cc3)n[nH]2)cc1. The molecule has 0 fully saturated rings. The van der Waals surface area contributed by atoms with Gasteiger partial charge in [-0.25, -0.2) is 0 Å². The molecule has 0 spiro atoms. The van der Waals surface area contributed by atoms with Crippen molar-refractivity contribution in [1.29, 1.82) is 0 Å². The van der Waals surface area contributed by atoms with Gasteiger partial charge in [-0.2, -0.15) is 5.10 Å². The van der Waals surface area contributed by atoms with Crippen LogP contribution in [0.1, 0.15) is 29.0 Å². The number of H-pyrrole nitrogens is 1. The summed E-state index contributed by atoms with van der Waals surface area (Å²) in [6.07, 6.45) is 0. The molecule has 0 saturated carbocycles. The first-order valence-electron chi connectivity index (χ1n) is 7.83. The summed E-state index contributed by atoms with van der Waals surface area (Å²) in [6, 6.07) is 16.5. The molecule has 6 heteroatoms. The summed E-state index contributed by atoms with van der Waals surface area (Å²) in [6.45, 7) is 1.93. The second-order valence-corrected chi connectivity index (χ2v) is 6.08. The van der Waals surface area contributed by atoms with Crippen molar-refractivity contribution >= 4 is 17.5 Å². The zero-order chi connectivity index (χ0) is 17.8. The number of amides is 1. The number of aromatic amines is 1. The first-order chi connectivity index (χ1) is 12.1. The van der Waals surface area contributed by atoms with Gasteiger partial charge in [-0.1, -0.05) is 35.9 Å². The van der Waals surface area contributed by atoms with E-state index in [4.69, 9.17) is 16.3 Å². The van der Waals surface area contributed by atoms with E-state index in [-0.39, 0.29) is 11.9 Å². The van der Waals surface area contributed by atoms with E-state index < -0.39 is 0 Å². The monoisotopic (exact) mass is 355 g/mol. The molecule has 2 aromatic carbocycles. The van der Waals surface area contributed by atoms with Gasteiger partial charge in [0.25, 0.3) is 5.91 Å². The fourth-order valence-corrected chi connectivity index (χ4v) is 2.58. The Balaban J connectivity index is 1.69. The number of carbonyl (C=O) groups is 1. The Kier molecular flexibility index (Phi) is 5.05. The molecule has 1 amide bonds. The minimum atomic E-state index is -0.212. The predicted molar refractivity (Wildman–Crippen MR) is 97.9 cm³/mol. The molecule has 3 aromatic rings. The van der Waals surface area contributed by atoms with Crippen molar-refractivity contribution in [2.24, 2.45) is 0 Å². The number of rotatable bonds is 5. The number of nitrogens with zero attached hydrogens (tertiary/aromatic N) is 1. The Hall–Kier alpha value is -2.79. The number of carbonyl (C=O) groups excluding carboxylic acids is 1. The van der Waals surface area contributed by atoms with Gasteiger partial charge in [-0.3, -0.25) is 9.89 Å². The molecule has 2 N–H and O–H groups in total. The average Bonchev–Trinajstić information content (AvgIpc) is 3.12. The lowest BCUT2D eigenvalue weighted by Crippen LogP contribution is -2.26. The summed E-state index contributed by atoms with van der Waals surface area (Å²) in [5.74, 6) is 0.569. The van der Waals surface area contributed by atoms with Gasteiger partial charge in [-0.15, -0.1) is 0 Å². The lowest BCUT2D eigenvalue weighted by molar-refractivity contribution is 0.0935. The van der Waals surface area contributed by atoms with E-state index >= 15 is 0 Å². The lowest BCUT2D eigenvalue weighted by atomic mass is 10.1. The summed E-state index contributed by atoms with van der Waals surface area (Å²) in [5, 5.41) is 10.6. The van der Waals surface area contributed by atoms with E-state index in [0.29, 0.717) is 16.4 Å². The molecule has 1 aromatic heterocycles. The van der Waals surface area contributed by atoms with E-state index in [1.807, 2.05) is 43.3 Å². The van der Waals surface area contributed by atoms with Crippen molar-refractivity contribution in [3.05, 3.63) is 70.9 Å². The molecule has 0 aliphatic rings. The molecule has 0 aliphatic carbocycles. The third-order valence-electron chi connectivity index (χ3n) is 3.93. The van der Waals surface area contributed by atoms with E-state index in [1.54, 1.807) is 25.3 Å². The van der Waals surface area contributed by atoms with Crippen LogP contribution in [0.15, 0.2) is 54.6 Å². The Morgan fingerprint density at radius 3 is 2.48 bits per heavy atom. The molecule has 0 bridgehead atoms. The number of ether oxygens (including phenoxy) is 1. The highest BCUT2D eigenvalue weighted by molar-refractivity contribution is 6.30. The molecule has 1 atom stereocenters. The van der Waals surface area contributed by atoms with Gasteiger partial charge in [0, 0.05) is 10.6 Å². The smallest absolute Gasteiger partial charge is 0.269 e. The van der Waals surface area contributed by atoms with Crippen molar-refractivity contribution in [1.82, 2.24) is 15.5 Å². The molecule has 3 rings (SSSR count). The van der Waals surface area contributed by atoms with Crippen LogP contribution in [0.4, 0.5) is 0 Å². The highest BCUT2D eigenvalue weighted by atomic mass is 35.5. The molecule has 5 nitrogen and oxygen atoms in total. The molecule has 25 heavy (non-hydrogen) atoms. The number of hydrogen-bond donors (Lipinski definition) is 2. The minimum absolute atomic E-state index is 0.138. The van der Waals surface area contributed by atoms with Crippen LogP contribution in [0.2, 0.25) is 5.02 Å². The number of benzene rings is 2. The summed E-state index contributed by atoms with van der Waals surface area (Å²) < 4.78 is 5.14. The van der Waals surface area contributed by atoms with Crippen LogP contribution in [-0.4, -0.2) is 23.2 Å². The summed E-state index contributed by atoms with van der Waals surface area (Å²) in [5.41, 5.74) is 2.98. The van der Waals surface area contributed by atoms with Crippen LogP contribution in [0.3, 0.4) is 0 Å². The standard InChI is InChI=1S/C19H18ClN3O2/c1-12(13-5-9-16(25-2)10-6-13)21-19(24)18-11-17(22-23-18)14-3-7-15(20)8-4-14/h3-12H,1-2H3,(H,21,24)(H,22,23)/t12-/m0/s1. The number of halogens is 1. The van der Waals surface area contributed by atoms with Gasteiger partial charge in [0.15, 0.2) is 0 Å². The van der Waals surface area contributed by atoms with E-state index in [2.05, 4.69) is 15.5 Å². The second kappa shape index (κ2) is 7.40. The topological polar surface area (TPSA) is 67.0 Å². The third kappa shape index (κ3) is 4.00. The zero-order valence-electron chi connectivity index (χ0n) is 13.9. The Bertz CT molecular complexity index is 857. The molecule has 0 radical (unpaired) electrons. The van der Waals surface area contributed by atoms with Crippen LogP contribution in [0.25, 0.3) is 11.3 Å². The van der Waals surface area contributed by atoms with E-state index in [0.717, 1.165) is 16.9 Å². The Morgan fingerprint density at radius 2 is 1.84 bits per heavy atom. The number of methoxy groups -OCH3 is 1. The van der Waals surface area contributed by atoms with Gasteiger partial charge in [0.2, 0.25) is 0 Å². The first kappa shape index (κ1) is 17.0. The Labute approximate surface area is 151 Å². The summed E-state index contributed by atoms with van der Waals surface area (Å²) in [4.78, 5) is 12.4. The van der Waals surface area contributed by atoms with Crippen molar-refractivity contribution in [2.75, 3.05) is 7.11 Å². The molecule has 1 heterocycles. The predicted octanol–water partition coefficient (Wildman–Crippen LogP) is 4.23. The third-order valence-corrected chi connectivity index (χ3v) is 4.18. The largest absolute Gasteiger partial charge is 0.497 e. The molecule has 0 saturated heterocycles.